The number of nitrogens with one attached hydrogen (secondary N) is 1. The third kappa shape index (κ3) is 3.47. The number of methoxy groups -OCH3 is 1. The molecule has 0 aliphatic carbocycles. The molecule has 9 heteroatoms. The first-order chi connectivity index (χ1) is 15.3. The largest absolute Gasteiger partial charge is 0.497 e. The van der Waals surface area contributed by atoms with Crippen molar-refractivity contribution in [3.8, 4) is 11.4 Å². The number of anilines is 2. The standard InChI is InChI=1S/C23H22F4N4O/c1-4-5-16-13-18-21(23(26,27)30(16)15-7-9-17(32-3)10-8-15)29-31(22(18)28-2)20-11-6-14(24)12-19(20)25/h4,6-12,16,28H,1,5,13H2,2-3H3. The van der Waals surface area contributed by atoms with Gasteiger partial charge >= 0.3 is 6.05 Å². The van der Waals surface area contributed by atoms with Crippen LogP contribution in [0.3, 0.4) is 0 Å². The fourth-order valence-electron chi connectivity index (χ4n) is 4.14. The van der Waals surface area contributed by atoms with Gasteiger partial charge in [-0.2, -0.15) is 13.9 Å². The van der Waals surface area contributed by atoms with Gasteiger partial charge in [0.15, 0.2) is 11.5 Å². The molecule has 1 aromatic heterocycles. The summed E-state index contributed by atoms with van der Waals surface area (Å²) in [7, 11) is 3.05. The Bertz CT molecular complexity index is 1140. The van der Waals surface area contributed by atoms with Crippen molar-refractivity contribution in [2.45, 2.75) is 24.9 Å². The Labute approximate surface area is 182 Å². The number of fused-ring (bicyclic) bond motifs is 1. The van der Waals surface area contributed by atoms with E-state index in [2.05, 4.69) is 17.0 Å². The second kappa shape index (κ2) is 8.22. The molecule has 0 fully saturated rings. The number of aromatic nitrogens is 2. The zero-order valence-corrected chi connectivity index (χ0v) is 17.6. The fraction of sp³-hybridized carbons (Fsp3) is 0.261. The zero-order chi connectivity index (χ0) is 23.0. The highest BCUT2D eigenvalue weighted by molar-refractivity contribution is 5.61. The molecule has 4 rings (SSSR count). The minimum absolute atomic E-state index is 0.128. The molecule has 0 amide bonds. The van der Waals surface area contributed by atoms with E-state index in [1.165, 1.54) is 13.2 Å². The fourth-order valence-corrected chi connectivity index (χ4v) is 4.14. The highest BCUT2D eigenvalue weighted by Crippen LogP contribution is 2.47. The first-order valence-corrected chi connectivity index (χ1v) is 9.99. The van der Waals surface area contributed by atoms with Crippen LogP contribution in [0.25, 0.3) is 5.69 Å². The third-order valence-corrected chi connectivity index (χ3v) is 5.54. The maximum atomic E-state index is 15.9. The topological polar surface area (TPSA) is 42.3 Å². The molecule has 5 nitrogen and oxygen atoms in total. The number of halogens is 4. The molecular weight excluding hydrogens is 424 g/mol. The van der Waals surface area contributed by atoms with Gasteiger partial charge in [0.05, 0.1) is 7.11 Å². The molecule has 3 aromatic rings. The lowest BCUT2D eigenvalue weighted by atomic mass is 9.94. The van der Waals surface area contributed by atoms with Crippen LogP contribution in [0.4, 0.5) is 29.1 Å². The summed E-state index contributed by atoms with van der Waals surface area (Å²) in [4.78, 5) is 1.01. The maximum absolute atomic E-state index is 15.9. The summed E-state index contributed by atoms with van der Waals surface area (Å²) in [6, 6.07) is 5.14. The normalized spacial score (nSPS) is 17.1. The van der Waals surface area contributed by atoms with Crippen molar-refractivity contribution in [2.24, 2.45) is 0 Å². The van der Waals surface area contributed by atoms with Gasteiger partial charge in [0.1, 0.15) is 23.1 Å². The lowest BCUT2D eigenvalue weighted by Gasteiger charge is -2.42. The summed E-state index contributed by atoms with van der Waals surface area (Å²) in [5.74, 6) is -0.896. The van der Waals surface area contributed by atoms with Crippen LogP contribution in [0.5, 0.6) is 5.75 Å². The van der Waals surface area contributed by atoms with Crippen LogP contribution < -0.4 is 15.0 Å². The van der Waals surface area contributed by atoms with Crippen LogP contribution in [0.1, 0.15) is 17.7 Å². The Morgan fingerprint density at radius 1 is 1.22 bits per heavy atom. The Hall–Kier alpha value is -3.49. The number of nitrogens with zero attached hydrogens (tertiary/aromatic N) is 3. The van der Waals surface area contributed by atoms with Gasteiger partial charge in [0, 0.05) is 30.4 Å². The van der Waals surface area contributed by atoms with Crippen molar-refractivity contribution in [2.75, 3.05) is 24.4 Å². The highest BCUT2D eigenvalue weighted by Gasteiger charge is 2.52. The zero-order valence-electron chi connectivity index (χ0n) is 17.6. The second-order valence-corrected chi connectivity index (χ2v) is 7.42. The van der Waals surface area contributed by atoms with Crippen molar-refractivity contribution in [3.05, 3.63) is 78.0 Å². The first kappa shape index (κ1) is 21.7. The number of hydrogen-bond donors (Lipinski definition) is 1. The van der Waals surface area contributed by atoms with Crippen molar-refractivity contribution < 1.29 is 22.3 Å². The van der Waals surface area contributed by atoms with Crippen molar-refractivity contribution >= 4 is 11.5 Å². The summed E-state index contributed by atoms with van der Waals surface area (Å²) in [5.41, 5.74) is -0.0430. The van der Waals surface area contributed by atoms with E-state index in [9.17, 15) is 8.78 Å². The summed E-state index contributed by atoms with van der Waals surface area (Å²) in [6.45, 7) is 3.72. The van der Waals surface area contributed by atoms with Crippen molar-refractivity contribution in [1.82, 2.24) is 9.78 Å². The highest BCUT2D eigenvalue weighted by atomic mass is 19.3. The van der Waals surface area contributed by atoms with Crippen LogP contribution in [0.15, 0.2) is 55.1 Å². The average molecular weight is 446 g/mol. The Morgan fingerprint density at radius 2 is 1.94 bits per heavy atom. The van der Waals surface area contributed by atoms with Gasteiger partial charge < -0.3 is 15.0 Å². The monoisotopic (exact) mass is 446 g/mol. The van der Waals surface area contributed by atoms with E-state index in [1.54, 1.807) is 37.4 Å². The molecule has 0 radical (unpaired) electrons. The van der Waals surface area contributed by atoms with Crippen LogP contribution in [0, 0.1) is 11.6 Å². The predicted molar refractivity (Wildman–Crippen MR) is 115 cm³/mol. The van der Waals surface area contributed by atoms with Gasteiger partial charge in [0.25, 0.3) is 0 Å². The van der Waals surface area contributed by atoms with E-state index < -0.39 is 29.4 Å². The summed E-state index contributed by atoms with van der Waals surface area (Å²) < 4.78 is 65.9. The molecule has 2 heterocycles. The van der Waals surface area contributed by atoms with Crippen LogP contribution in [0.2, 0.25) is 0 Å². The van der Waals surface area contributed by atoms with E-state index in [-0.39, 0.29) is 23.5 Å². The van der Waals surface area contributed by atoms with Crippen LogP contribution in [-0.4, -0.2) is 30.0 Å². The molecule has 0 spiro atoms. The van der Waals surface area contributed by atoms with E-state index in [0.29, 0.717) is 23.9 Å². The number of alkyl halides is 2. The molecule has 1 aliphatic heterocycles. The SMILES string of the molecule is C=CCC1Cc2c(nn(-c3ccc(F)cc3F)c2NC)C(F)(F)N1c1ccc(OC)cc1. The minimum Gasteiger partial charge on any atom is -0.497 e. The van der Waals surface area contributed by atoms with Gasteiger partial charge in [-0.25, -0.2) is 13.5 Å². The number of hydrogen-bond acceptors (Lipinski definition) is 4. The maximum Gasteiger partial charge on any atom is 0.371 e. The molecule has 1 atom stereocenters. The van der Waals surface area contributed by atoms with Crippen molar-refractivity contribution in [3.63, 3.8) is 0 Å². The minimum atomic E-state index is -3.50. The Kier molecular flexibility index (Phi) is 5.58. The Morgan fingerprint density at radius 3 is 2.53 bits per heavy atom. The molecule has 168 valence electrons. The molecule has 1 unspecified atom stereocenters. The predicted octanol–water partition coefficient (Wildman–Crippen LogP) is 5.26. The van der Waals surface area contributed by atoms with Gasteiger partial charge in [-0.05, 0) is 49.2 Å². The Balaban J connectivity index is 1.88. The third-order valence-electron chi connectivity index (χ3n) is 5.54. The molecule has 0 saturated carbocycles. The van der Waals surface area contributed by atoms with Gasteiger partial charge in [-0.1, -0.05) is 6.08 Å². The van der Waals surface area contributed by atoms with Gasteiger partial charge in [0.2, 0.25) is 0 Å². The summed E-state index contributed by atoms with van der Waals surface area (Å²) in [6.07, 6.45) is 2.10. The molecule has 0 saturated heterocycles. The number of benzene rings is 2. The quantitative estimate of drug-likeness (QED) is 0.319. The molecule has 0 bridgehead atoms. The van der Waals surface area contributed by atoms with Crippen LogP contribution in [-0.2, 0) is 12.5 Å². The molecule has 1 aliphatic rings. The van der Waals surface area contributed by atoms with Gasteiger partial charge in [-0.3, -0.25) is 0 Å². The van der Waals surface area contributed by atoms with E-state index in [0.717, 1.165) is 15.6 Å². The molecule has 32 heavy (non-hydrogen) atoms. The smallest absolute Gasteiger partial charge is 0.371 e. The van der Waals surface area contributed by atoms with Crippen LogP contribution >= 0.6 is 0 Å². The lowest BCUT2D eigenvalue weighted by molar-refractivity contribution is -0.0278. The summed E-state index contributed by atoms with van der Waals surface area (Å²) >= 11 is 0. The average Bonchev–Trinajstić information content (AvgIpc) is 3.13. The molecule has 1 N–H and O–H groups in total. The first-order valence-electron chi connectivity index (χ1n) is 9.99. The van der Waals surface area contributed by atoms with E-state index >= 15 is 8.78 Å². The number of ether oxygens (including phenoxy) is 1. The van der Waals surface area contributed by atoms with Crippen molar-refractivity contribution in [1.29, 1.82) is 0 Å². The number of rotatable bonds is 6. The van der Waals surface area contributed by atoms with E-state index in [4.69, 9.17) is 4.74 Å². The van der Waals surface area contributed by atoms with Gasteiger partial charge in [-0.15, -0.1) is 6.58 Å². The summed E-state index contributed by atoms with van der Waals surface area (Å²) in [5, 5.41) is 6.95. The lowest BCUT2D eigenvalue weighted by Crippen LogP contribution is -2.51. The second-order valence-electron chi connectivity index (χ2n) is 7.42. The van der Waals surface area contributed by atoms with E-state index in [1.807, 2.05) is 0 Å². The molecular formula is C23H22F4N4O. The molecule has 2 aromatic carbocycles.